The zero-order chi connectivity index (χ0) is 25.2. The average molecular weight is 488 g/mol. The molecular weight excluding hydrogens is 450 g/mol. The Balaban J connectivity index is 1.30. The van der Waals surface area contributed by atoms with Crippen molar-refractivity contribution in [3.63, 3.8) is 0 Å². The number of carbonyl (C=O) groups is 2. The van der Waals surface area contributed by atoms with Crippen LogP contribution in [0.2, 0.25) is 0 Å². The second-order valence-corrected chi connectivity index (χ2v) is 10.3. The van der Waals surface area contributed by atoms with Crippen LogP contribution in [-0.2, 0) is 24.2 Å². The van der Waals surface area contributed by atoms with Gasteiger partial charge in [-0.15, -0.1) is 0 Å². The van der Waals surface area contributed by atoms with Gasteiger partial charge in [0.2, 0.25) is 5.91 Å². The van der Waals surface area contributed by atoms with Crippen LogP contribution in [0, 0.1) is 6.92 Å². The molecule has 2 aliphatic rings. The summed E-state index contributed by atoms with van der Waals surface area (Å²) in [7, 11) is 2.18. The van der Waals surface area contributed by atoms with Gasteiger partial charge in [0, 0.05) is 62.2 Å². The first kappa shape index (κ1) is 24.5. The van der Waals surface area contributed by atoms with E-state index in [0.717, 1.165) is 79.7 Å². The summed E-state index contributed by atoms with van der Waals surface area (Å²) in [5, 5.41) is 8.47. The van der Waals surface area contributed by atoms with Crippen molar-refractivity contribution in [2.24, 2.45) is 0 Å². The molecule has 7 heteroatoms. The highest BCUT2D eigenvalue weighted by atomic mass is 16.2. The van der Waals surface area contributed by atoms with Gasteiger partial charge in [-0.3, -0.25) is 14.7 Å². The molecule has 0 unspecified atom stereocenters. The van der Waals surface area contributed by atoms with Crippen molar-refractivity contribution in [3.05, 3.63) is 58.3 Å². The number of nitrogens with one attached hydrogen (secondary N) is 1. The predicted octanol–water partition coefficient (Wildman–Crippen LogP) is 4.12. The monoisotopic (exact) mass is 487 g/mol. The van der Waals surface area contributed by atoms with Crippen LogP contribution < -0.4 is 4.90 Å². The van der Waals surface area contributed by atoms with Crippen molar-refractivity contribution in [2.75, 3.05) is 44.7 Å². The van der Waals surface area contributed by atoms with E-state index < -0.39 is 0 Å². The number of aryl methyl sites for hydroxylation is 3. The number of Topliss-reactive ketones (excluding diaryl/α,β-unsaturated/α-hetero) is 1. The number of aromatic amines is 1. The van der Waals surface area contributed by atoms with Crippen LogP contribution in [0.3, 0.4) is 0 Å². The molecule has 2 aromatic carbocycles. The third kappa shape index (κ3) is 5.03. The van der Waals surface area contributed by atoms with Crippen molar-refractivity contribution in [1.29, 1.82) is 0 Å². The molecule has 36 heavy (non-hydrogen) atoms. The lowest BCUT2D eigenvalue weighted by molar-refractivity contribution is -0.128. The molecule has 0 spiro atoms. The van der Waals surface area contributed by atoms with Crippen LogP contribution in [-0.4, -0.2) is 71.5 Å². The molecular formula is C29H37N5O2. The van der Waals surface area contributed by atoms with E-state index in [4.69, 9.17) is 0 Å². The SMILES string of the molecule is CCc1cc(N2CCN(C)CC2)ccc1CCC(=O)c1cc2c(CN3CCCC3=O)[nH]nc2cc1C. The van der Waals surface area contributed by atoms with Crippen LogP contribution >= 0.6 is 0 Å². The number of fused-ring (bicyclic) bond motifs is 1. The Hall–Kier alpha value is -3.19. The Morgan fingerprint density at radius 3 is 2.58 bits per heavy atom. The summed E-state index contributed by atoms with van der Waals surface area (Å²) >= 11 is 0. The number of nitrogens with zero attached hydrogens (tertiary/aromatic N) is 4. The van der Waals surface area contributed by atoms with E-state index in [0.29, 0.717) is 19.4 Å². The van der Waals surface area contributed by atoms with Crippen LogP contribution in [0.1, 0.15) is 58.9 Å². The van der Waals surface area contributed by atoms with E-state index in [9.17, 15) is 9.59 Å². The van der Waals surface area contributed by atoms with Crippen molar-refractivity contribution in [1.82, 2.24) is 20.0 Å². The standard InChI is InChI=1S/C29H37N5O2/c1-4-21-17-23(33-14-12-32(3)13-15-33)9-7-22(21)8-10-28(35)24-18-25-26(16-20(24)2)30-31-27(25)19-34-11-5-6-29(34)36/h7,9,16-18H,4-6,8,10-15,19H2,1-3H3,(H,30,31). The molecule has 5 rings (SSSR count). The quantitative estimate of drug-likeness (QED) is 0.484. The van der Waals surface area contributed by atoms with Gasteiger partial charge in [0.25, 0.3) is 0 Å². The van der Waals surface area contributed by atoms with Gasteiger partial charge in [-0.2, -0.15) is 5.10 Å². The van der Waals surface area contributed by atoms with Gasteiger partial charge in [0.1, 0.15) is 0 Å². The highest BCUT2D eigenvalue weighted by molar-refractivity contribution is 6.01. The van der Waals surface area contributed by atoms with Crippen LogP contribution in [0.4, 0.5) is 5.69 Å². The molecule has 0 atom stereocenters. The number of benzene rings is 2. The number of rotatable bonds is 8. The number of amides is 1. The molecule has 0 aliphatic carbocycles. The summed E-state index contributed by atoms with van der Waals surface area (Å²) in [6.07, 6.45) is 3.70. The molecule has 0 bridgehead atoms. The fourth-order valence-electron chi connectivity index (χ4n) is 5.53. The molecule has 2 aliphatic heterocycles. The van der Waals surface area contributed by atoms with E-state index in [1.165, 1.54) is 16.8 Å². The first-order valence-electron chi connectivity index (χ1n) is 13.3. The van der Waals surface area contributed by atoms with E-state index in [1.807, 2.05) is 24.0 Å². The number of anilines is 1. The molecule has 0 radical (unpaired) electrons. The smallest absolute Gasteiger partial charge is 0.222 e. The molecule has 0 saturated carbocycles. The van der Waals surface area contributed by atoms with Crippen molar-refractivity contribution in [2.45, 2.75) is 52.5 Å². The first-order valence-corrected chi connectivity index (χ1v) is 13.3. The lowest BCUT2D eigenvalue weighted by Crippen LogP contribution is -2.44. The number of ketones is 1. The lowest BCUT2D eigenvalue weighted by Gasteiger charge is -2.34. The van der Waals surface area contributed by atoms with Crippen molar-refractivity contribution >= 4 is 28.3 Å². The van der Waals surface area contributed by atoms with E-state index >= 15 is 0 Å². The molecule has 1 aromatic heterocycles. The van der Waals surface area contributed by atoms with Gasteiger partial charge in [0.05, 0.1) is 17.8 Å². The van der Waals surface area contributed by atoms with Gasteiger partial charge < -0.3 is 14.7 Å². The number of H-pyrrole nitrogens is 1. The van der Waals surface area contributed by atoms with Gasteiger partial charge in [0.15, 0.2) is 5.78 Å². The van der Waals surface area contributed by atoms with Gasteiger partial charge >= 0.3 is 0 Å². The zero-order valence-corrected chi connectivity index (χ0v) is 21.8. The summed E-state index contributed by atoms with van der Waals surface area (Å²) in [6, 6.07) is 10.7. The van der Waals surface area contributed by atoms with E-state index in [-0.39, 0.29) is 11.7 Å². The number of hydrogen-bond donors (Lipinski definition) is 1. The number of carbonyl (C=O) groups excluding carboxylic acids is 2. The van der Waals surface area contributed by atoms with Gasteiger partial charge in [-0.1, -0.05) is 13.0 Å². The summed E-state index contributed by atoms with van der Waals surface area (Å²) in [5.74, 6) is 0.343. The molecule has 190 valence electrons. The topological polar surface area (TPSA) is 72.5 Å². The third-order valence-electron chi connectivity index (χ3n) is 7.86. The van der Waals surface area contributed by atoms with Crippen molar-refractivity contribution < 1.29 is 9.59 Å². The van der Waals surface area contributed by atoms with Crippen LogP contribution in [0.15, 0.2) is 30.3 Å². The molecule has 3 aromatic rings. The number of piperazine rings is 1. The number of hydrogen-bond acceptors (Lipinski definition) is 5. The van der Waals surface area contributed by atoms with E-state index in [2.05, 4.69) is 52.2 Å². The Labute approximate surface area is 213 Å². The fourth-order valence-corrected chi connectivity index (χ4v) is 5.53. The lowest BCUT2D eigenvalue weighted by atomic mass is 9.94. The fraction of sp³-hybridized carbons (Fsp3) is 0.483. The van der Waals surface area contributed by atoms with Gasteiger partial charge in [-0.25, -0.2) is 0 Å². The minimum absolute atomic E-state index is 0.156. The Morgan fingerprint density at radius 1 is 1.06 bits per heavy atom. The molecule has 7 nitrogen and oxygen atoms in total. The Kier molecular flexibility index (Phi) is 7.10. The maximum atomic E-state index is 13.3. The Bertz CT molecular complexity index is 1270. The summed E-state index contributed by atoms with van der Waals surface area (Å²) < 4.78 is 0. The molecule has 1 amide bonds. The van der Waals surface area contributed by atoms with Crippen LogP contribution in [0.5, 0.6) is 0 Å². The second kappa shape index (κ2) is 10.4. The summed E-state index contributed by atoms with van der Waals surface area (Å²) in [6.45, 7) is 9.77. The third-order valence-corrected chi connectivity index (χ3v) is 7.86. The largest absolute Gasteiger partial charge is 0.369 e. The predicted molar refractivity (Wildman–Crippen MR) is 144 cm³/mol. The van der Waals surface area contributed by atoms with Crippen molar-refractivity contribution in [3.8, 4) is 0 Å². The minimum atomic E-state index is 0.156. The first-order chi connectivity index (χ1) is 17.4. The Morgan fingerprint density at radius 2 is 1.86 bits per heavy atom. The maximum Gasteiger partial charge on any atom is 0.222 e. The molecule has 3 heterocycles. The normalized spacial score (nSPS) is 16.9. The zero-order valence-electron chi connectivity index (χ0n) is 21.8. The second-order valence-electron chi connectivity index (χ2n) is 10.3. The van der Waals surface area contributed by atoms with Crippen LogP contribution in [0.25, 0.3) is 10.9 Å². The highest BCUT2D eigenvalue weighted by Crippen LogP contribution is 2.26. The minimum Gasteiger partial charge on any atom is -0.369 e. The summed E-state index contributed by atoms with van der Waals surface area (Å²) in [5.41, 5.74) is 7.34. The maximum absolute atomic E-state index is 13.3. The number of aromatic nitrogens is 2. The number of likely N-dealkylation sites (tertiary alicyclic amines) is 1. The number of likely N-dealkylation sites (N-methyl/N-ethyl adjacent to an activating group) is 1. The van der Waals surface area contributed by atoms with E-state index in [1.54, 1.807) is 0 Å². The van der Waals surface area contributed by atoms with Gasteiger partial charge in [-0.05, 0) is 74.2 Å². The average Bonchev–Trinajstić information content (AvgIpc) is 3.47. The molecule has 1 N–H and O–H groups in total. The highest BCUT2D eigenvalue weighted by Gasteiger charge is 2.23. The summed E-state index contributed by atoms with van der Waals surface area (Å²) in [4.78, 5) is 32.1. The molecule has 2 saturated heterocycles. The molecule has 2 fully saturated rings.